The van der Waals surface area contributed by atoms with E-state index in [0.29, 0.717) is 11.3 Å². The molecule has 6 heteroatoms. The Morgan fingerprint density at radius 2 is 1.81 bits per heavy atom. The maximum atomic E-state index is 12.0. The minimum absolute atomic E-state index is 0. The normalized spacial score (nSPS) is 20.5. The fourth-order valence-corrected chi connectivity index (χ4v) is 2.45. The number of anilines is 1. The van der Waals surface area contributed by atoms with Crippen LogP contribution in [-0.4, -0.2) is 36.9 Å². The van der Waals surface area contributed by atoms with Gasteiger partial charge in [-0.05, 0) is 43.5 Å². The van der Waals surface area contributed by atoms with Crippen LogP contribution in [0.15, 0.2) is 24.3 Å². The first-order chi connectivity index (χ1) is 9.47. The molecule has 21 heavy (non-hydrogen) atoms. The first-order valence-electron chi connectivity index (χ1n) is 6.85. The second-order valence-corrected chi connectivity index (χ2v) is 5.54. The zero-order valence-corrected chi connectivity index (χ0v) is 13.2. The lowest BCUT2D eigenvalue weighted by atomic mass is 10.1. The van der Waals surface area contributed by atoms with Crippen LogP contribution >= 0.6 is 12.4 Å². The summed E-state index contributed by atoms with van der Waals surface area (Å²) in [6, 6.07) is 7.09. The van der Waals surface area contributed by atoms with Gasteiger partial charge in [0.05, 0.1) is 0 Å². The van der Waals surface area contributed by atoms with Gasteiger partial charge in [-0.25, -0.2) is 0 Å². The Kier molecular flexibility index (Phi) is 6.18. The van der Waals surface area contributed by atoms with Crippen molar-refractivity contribution in [3.8, 4) is 0 Å². The first kappa shape index (κ1) is 17.5. The highest BCUT2D eigenvalue weighted by atomic mass is 35.5. The van der Waals surface area contributed by atoms with Crippen molar-refractivity contribution in [1.82, 2.24) is 4.90 Å². The molecule has 1 saturated carbocycles. The third-order valence-electron chi connectivity index (χ3n) is 3.65. The molecule has 116 valence electrons. The lowest BCUT2D eigenvalue weighted by Gasteiger charge is -2.12. The van der Waals surface area contributed by atoms with E-state index in [2.05, 4.69) is 5.32 Å². The van der Waals surface area contributed by atoms with Crippen LogP contribution in [0.2, 0.25) is 0 Å². The summed E-state index contributed by atoms with van der Waals surface area (Å²) in [5.41, 5.74) is 7.14. The minimum Gasteiger partial charge on any atom is -0.345 e. The molecule has 3 N–H and O–H groups in total. The number of hydrogen-bond donors (Lipinski definition) is 2. The van der Waals surface area contributed by atoms with Crippen molar-refractivity contribution in [2.75, 3.05) is 19.4 Å². The quantitative estimate of drug-likeness (QED) is 0.895. The van der Waals surface area contributed by atoms with E-state index in [9.17, 15) is 9.59 Å². The van der Waals surface area contributed by atoms with Gasteiger partial charge in [0.25, 0.3) is 5.91 Å². The number of amides is 2. The van der Waals surface area contributed by atoms with Crippen LogP contribution < -0.4 is 11.1 Å². The second-order valence-electron chi connectivity index (χ2n) is 5.54. The Balaban J connectivity index is 0.00000220. The lowest BCUT2D eigenvalue weighted by molar-refractivity contribution is -0.119. The van der Waals surface area contributed by atoms with Gasteiger partial charge in [0.2, 0.25) is 5.91 Å². The molecule has 0 spiro atoms. The largest absolute Gasteiger partial charge is 0.345 e. The van der Waals surface area contributed by atoms with E-state index < -0.39 is 0 Å². The van der Waals surface area contributed by atoms with Gasteiger partial charge in [0, 0.05) is 37.3 Å². The summed E-state index contributed by atoms with van der Waals surface area (Å²) < 4.78 is 0. The molecule has 0 heterocycles. The number of nitrogens with zero attached hydrogens (tertiary/aromatic N) is 1. The van der Waals surface area contributed by atoms with Crippen molar-refractivity contribution in [3.05, 3.63) is 29.8 Å². The van der Waals surface area contributed by atoms with Crippen LogP contribution in [0.1, 0.15) is 29.6 Å². The summed E-state index contributed by atoms with van der Waals surface area (Å²) in [5.74, 6) is -0.0256. The van der Waals surface area contributed by atoms with Gasteiger partial charge in [-0.2, -0.15) is 0 Å². The maximum absolute atomic E-state index is 12.0. The molecule has 0 aliphatic heterocycles. The van der Waals surface area contributed by atoms with Crippen LogP contribution in [0, 0.1) is 5.92 Å². The molecule has 1 aliphatic carbocycles. The third kappa shape index (κ3) is 4.44. The third-order valence-corrected chi connectivity index (χ3v) is 3.65. The minimum atomic E-state index is -0.0513. The molecule has 0 radical (unpaired) electrons. The molecule has 2 unspecified atom stereocenters. The number of carbonyl (C=O) groups is 2. The lowest BCUT2D eigenvalue weighted by Crippen LogP contribution is -2.23. The molecule has 1 fully saturated rings. The van der Waals surface area contributed by atoms with Crippen LogP contribution in [0.3, 0.4) is 0 Å². The van der Waals surface area contributed by atoms with Crippen molar-refractivity contribution in [3.63, 3.8) is 0 Å². The van der Waals surface area contributed by atoms with Crippen LogP contribution in [0.25, 0.3) is 0 Å². The molecule has 2 amide bonds. The summed E-state index contributed by atoms with van der Waals surface area (Å²) >= 11 is 0. The zero-order chi connectivity index (χ0) is 14.7. The van der Waals surface area contributed by atoms with Crippen molar-refractivity contribution in [1.29, 1.82) is 0 Å². The fraction of sp³-hybridized carbons (Fsp3) is 0.467. The molecule has 2 rings (SSSR count). The molecule has 1 aromatic carbocycles. The summed E-state index contributed by atoms with van der Waals surface area (Å²) in [4.78, 5) is 25.3. The standard InChI is InChI=1S/C15H21N3O2.ClH/c1-18(2)15(20)10-4-7-13(8-5-10)17-14(19)11-3-6-12(16)9-11;/h4-5,7-8,11-12H,3,6,9,16H2,1-2H3,(H,17,19);1H. The van der Waals surface area contributed by atoms with Gasteiger partial charge in [-0.3, -0.25) is 9.59 Å². The predicted molar refractivity (Wildman–Crippen MR) is 85.7 cm³/mol. The molecular weight excluding hydrogens is 290 g/mol. The molecule has 0 bridgehead atoms. The number of carbonyl (C=O) groups excluding carboxylic acids is 2. The highest BCUT2D eigenvalue weighted by Gasteiger charge is 2.27. The summed E-state index contributed by atoms with van der Waals surface area (Å²) in [5, 5.41) is 2.88. The van der Waals surface area contributed by atoms with Gasteiger partial charge in [-0.15, -0.1) is 12.4 Å². The van der Waals surface area contributed by atoms with E-state index in [1.807, 2.05) is 0 Å². The SMILES string of the molecule is CN(C)C(=O)c1ccc(NC(=O)C2CCC(N)C2)cc1.Cl. The smallest absolute Gasteiger partial charge is 0.253 e. The van der Waals surface area contributed by atoms with Crippen LogP contribution in [-0.2, 0) is 4.79 Å². The molecule has 0 saturated heterocycles. The molecule has 0 aromatic heterocycles. The van der Waals surface area contributed by atoms with Crippen molar-refractivity contribution < 1.29 is 9.59 Å². The molecule has 5 nitrogen and oxygen atoms in total. The number of rotatable bonds is 3. The Morgan fingerprint density at radius 1 is 1.19 bits per heavy atom. The predicted octanol–water partition coefficient (Wildman–Crippen LogP) is 1.88. The number of hydrogen-bond acceptors (Lipinski definition) is 3. The Labute approximate surface area is 131 Å². The average Bonchev–Trinajstić information content (AvgIpc) is 2.85. The van der Waals surface area contributed by atoms with Gasteiger partial charge >= 0.3 is 0 Å². The molecule has 1 aromatic rings. The van der Waals surface area contributed by atoms with Gasteiger partial charge in [-0.1, -0.05) is 0 Å². The van der Waals surface area contributed by atoms with Crippen molar-refractivity contribution in [2.45, 2.75) is 25.3 Å². The average molecular weight is 312 g/mol. The number of nitrogens with two attached hydrogens (primary N) is 1. The number of nitrogens with one attached hydrogen (secondary N) is 1. The maximum Gasteiger partial charge on any atom is 0.253 e. The molecule has 2 atom stereocenters. The monoisotopic (exact) mass is 311 g/mol. The highest BCUT2D eigenvalue weighted by molar-refractivity contribution is 5.96. The van der Waals surface area contributed by atoms with Crippen molar-refractivity contribution >= 4 is 29.9 Å². The van der Waals surface area contributed by atoms with Gasteiger partial charge in [0.1, 0.15) is 0 Å². The number of benzene rings is 1. The fourth-order valence-electron chi connectivity index (χ4n) is 2.45. The molecule has 1 aliphatic rings. The van der Waals surface area contributed by atoms with E-state index in [-0.39, 0.29) is 36.2 Å². The van der Waals surface area contributed by atoms with Gasteiger partial charge < -0.3 is 16.0 Å². The van der Waals surface area contributed by atoms with Gasteiger partial charge in [0.15, 0.2) is 0 Å². The van der Waals surface area contributed by atoms with Crippen LogP contribution in [0.4, 0.5) is 5.69 Å². The zero-order valence-electron chi connectivity index (χ0n) is 12.3. The van der Waals surface area contributed by atoms with Crippen molar-refractivity contribution in [2.24, 2.45) is 11.7 Å². The second kappa shape index (κ2) is 7.43. The summed E-state index contributed by atoms with van der Waals surface area (Å²) in [6.45, 7) is 0. The van der Waals surface area contributed by atoms with E-state index in [0.717, 1.165) is 19.3 Å². The van der Waals surface area contributed by atoms with E-state index in [1.165, 1.54) is 4.90 Å². The highest BCUT2D eigenvalue weighted by Crippen LogP contribution is 2.25. The summed E-state index contributed by atoms with van der Waals surface area (Å²) in [6.07, 6.45) is 2.52. The molecular formula is C15H22ClN3O2. The summed E-state index contributed by atoms with van der Waals surface area (Å²) in [7, 11) is 3.42. The van der Waals surface area contributed by atoms with E-state index >= 15 is 0 Å². The van der Waals surface area contributed by atoms with E-state index in [4.69, 9.17) is 5.73 Å². The van der Waals surface area contributed by atoms with E-state index in [1.54, 1.807) is 38.4 Å². The Bertz CT molecular complexity index is 502. The van der Waals surface area contributed by atoms with Crippen LogP contribution in [0.5, 0.6) is 0 Å². The Hall–Kier alpha value is -1.59. The Morgan fingerprint density at radius 3 is 2.29 bits per heavy atom. The topological polar surface area (TPSA) is 75.4 Å². The number of halogens is 1. The first-order valence-corrected chi connectivity index (χ1v) is 6.85.